The summed E-state index contributed by atoms with van der Waals surface area (Å²) < 4.78 is 4.92. The molecule has 0 aliphatic rings. The fraction of sp³-hybridized carbons (Fsp3) is 0.143. The van der Waals surface area contributed by atoms with E-state index in [1.165, 1.54) is 0 Å². The number of ether oxygens (including phenoxy) is 1. The summed E-state index contributed by atoms with van der Waals surface area (Å²) in [5, 5.41) is 0.623. The van der Waals surface area contributed by atoms with Gasteiger partial charge in [0.2, 0.25) is 0 Å². The van der Waals surface area contributed by atoms with Gasteiger partial charge in [-0.15, -0.1) is 0 Å². The van der Waals surface area contributed by atoms with Crippen LogP contribution in [0.2, 0.25) is 5.02 Å². The van der Waals surface area contributed by atoms with E-state index in [0.717, 1.165) is 0 Å². The minimum atomic E-state index is 0. The third kappa shape index (κ3) is 2.91. The van der Waals surface area contributed by atoms with E-state index in [4.69, 9.17) is 22.1 Å². The molecule has 0 atom stereocenters. The molecule has 11 heavy (non-hydrogen) atoms. The average molecular weight is 181 g/mol. The summed E-state index contributed by atoms with van der Waals surface area (Å²) in [4.78, 5) is 0. The first-order chi connectivity index (χ1) is 4.74. The standard InChI is InChI=1S/C7H8ClNO.Na/c1-10-7-3-2-5(8)4-6(7)9;/h2-4H,9H2,1H3;. The topological polar surface area (TPSA) is 35.2 Å². The molecule has 0 fully saturated rings. The van der Waals surface area contributed by atoms with Crippen molar-refractivity contribution in [2.75, 3.05) is 12.8 Å². The zero-order chi connectivity index (χ0) is 7.56. The zero-order valence-electron chi connectivity index (χ0n) is 6.60. The summed E-state index contributed by atoms with van der Waals surface area (Å²) in [5.41, 5.74) is 6.09. The molecule has 1 aromatic carbocycles. The van der Waals surface area contributed by atoms with E-state index in [1.807, 2.05) is 0 Å². The quantitative estimate of drug-likeness (QED) is 0.526. The molecule has 1 radical (unpaired) electrons. The minimum Gasteiger partial charge on any atom is -0.495 e. The Morgan fingerprint density at radius 3 is 2.55 bits per heavy atom. The predicted octanol–water partition coefficient (Wildman–Crippen LogP) is 1.55. The minimum absolute atomic E-state index is 0. The Morgan fingerprint density at radius 1 is 1.45 bits per heavy atom. The Balaban J connectivity index is 0.000001000. The summed E-state index contributed by atoms with van der Waals surface area (Å²) in [6.07, 6.45) is 0. The number of rotatable bonds is 1. The summed E-state index contributed by atoms with van der Waals surface area (Å²) in [7, 11) is 1.57. The Bertz CT molecular complexity index is 242. The van der Waals surface area contributed by atoms with E-state index in [-0.39, 0.29) is 29.6 Å². The van der Waals surface area contributed by atoms with E-state index in [2.05, 4.69) is 0 Å². The van der Waals surface area contributed by atoms with Gasteiger partial charge in [-0.05, 0) is 18.2 Å². The molecule has 0 bridgehead atoms. The van der Waals surface area contributed by atoms with Crippen molar-refractivity contribution >= 4 is 46.8 Å². The van der Waals surface area contributed by atoms with Gasteiger partial charge in [0.05, 0.1) is 12.8 Å². The second-order valence-electron chi connectivity index (χ2n) is 1.89. The normalized spacial score (nSPS) is 8.55. The maximum absolute atomic E-state index is 5.64. The van der Waals surface area contributed by atoms with Gasteiger partial charge >= 0.3 is 0 Å². The number of nitrogens with two attached hydrogens (primary N) is 1. The van der Waals surface area contributed by atoms with Crippen LogP contribution in [-0.2, 0) is 0 Å². The second-order valence-corrected chi connectivity index (χ2v) is 2.32. The molecule has 1 aromatic rings. The monoisotopic (exact) mass is 180 g/mol. The van der Waals surface area contributed by atoms with Crippen LogP contribution in [0.15, 0.2) is 18.2 Å². The van der Waals surface area contributed by atoms with E-state index in [0.29, 0.717) is 16.5 Å². The van der Waals surface area contributed by atoms with Gasteiger partial charge in [0.1, 0.15) is 5.75 Å². The van der Waals surface area contributed by atoms with Gasteiger partial charge in [0.25, 0.3) is 0 Å². The van der Waals surface area contributed by atoms with Crippen molar-refractivity contribution in [2.45, 2.75) is 0 Å². The van der Waals surface area contributed by atoms with Crippen molar-refractivity contribution in [2.24, 2.45) is 0 Å². The van der Waals surface area contributed by atoms with Crippen molar-refractivity contribution in [3.63, 3.8) is 0 Å². The third-order valence-corrected chi connectivity index (χ3v) is 1.43. The van der Waals surface area contributed by atoms with Gasteiger partial charge in [-0.1, -0.05) is 11.6 Å². The predicted molar refractivity (Wildman–Crippen MR) is 48.2 cm³/mol. The van der Waals surface area contributed by atoms with Crippen LogP contribution in [0.5, 0.6) is 5.75 Å². The molecule has 0 unspecified atom stereocenters. The molecule has 0 saturated heterocycles. The van der Waals surface area contributed by atoms with Gasteiger partial charge in [0, 0.05) is 34.6 Å². The number of methoxy groups -OCH3 is 1. The Hall–Kier alpha value is 0.110. The molecule has 2 N–H and O–H groups in total. The van der Waals surface area contributed by atoms with Crippen molar-refractivity contribution in [3.8, 4) is 5.75 Å². The molecule has 0 aromatic heterocycles. The molecule has 0 saturated carbocycles. The van der Waals surface area contributed by atoms with Gasteiger partial charge in [-0.3, -0.25) is 0 Å². The van der Waals surface area contributed by atoms with E-state index in [9.17, 15) is 0 Å². The molecule has 0 spiro atoms. The van der Waals surface area contributed by atoms with Crippen LogP contribution in [-0.4, -0.2) is 36.7 Å². The van der Waals surface area contributed by atoms with E-state index >= 15 is 0 Å². The zero-order valence-corrected chi connectivity index (χ0v) is 9.35. The molecular weight excluding hydrogens is 173 g/mol. The molecule has 4 heteroatoms. The van der Waals surface area contributed by atoms with Gasteiger partial charge in [0.15, 0.2) is 0 Å². The van der Waals surface area contributed by atoms with Crippen molar-refractivity contribution in [3.05, 3.63) is 23.2 Å². The van der Waals surface area contributed by atoms with Crippen LogP contribution in [0.1, 0.15) is 0 Å². The molecular formula is C7H8ClNNaO. The first-order valence-electron chi connectivity index (χ1n) is 2.83. The number of hydrogen-bond acceptors (Lipinski definition) is 2. The summed E-state index contributed by atoms with van der Waals surface area (Å²) in [5.74, 6) is 0.657. The van der Waals surface area contributed by atoms with Gasteiger partial charge in [-0.2, -0.15) is 0 Å². The van der Waals surface area contributed by atoms with Crippen molar-refractivity contribution in [1.82, 2.24) is 0 Å². The molecule has 0 aliphatic heterocycles. The van der Waals surface area contributed by atoms with E-state index < -0.39 is 0 Å². The number of nitrogen functional groups attached to an aromatic ring is 1. The molecule has 55 valence electrons. The fourth-order valence-electron chi connectivity index (χ4n) is 0.705. The number of halogens is 1. The van der Waals surface area contributed by atoms with Gasteiger partial charge in [-0.25, -0.2) is 0 Å². The number of hydrogen-bond donors (Lipinski definition) is 1. The Kier molecular flexibility index (Phi) is 4.93. The summed E-state index contributed by atoms with van der Waals surface area (Å²) >= 11 is 5.64. The maximum Gasteiger partial charge on any atom is 0.141 e. The summed E-state index contributed by atoms with van der Waals surface area (Å²) in [6, 6.07) is 5.12. The smallest absolute Gasteiger partial charge is 0.141 e. The Morgan fingerprint density at radius 2 is 2.09 bits per heavy atom. The van der Waals surface area contributed by atoms with Crippen molar-refractivity contribution < 1.29 is 4.74 Å². The van der Waals surface area contributed by atoms with Crippen LogP contribution in [0.4, 0.5) is 5.69 Å². The number of anilines is 1. The molecule has 0 amide bonds. The fourth-order valence-corrected chi connectivity index (χ4v) is 0.886. The first kappa shape index (κ1) is 11.1. The second kappa shape index (κ2) is 4.88. The van der Waals surface area contributed by atoms with Crippen LogP contribution in [0, 0.1) is 0 Å². The first-order valence-corrected chi connectivity index (χ1v) is 3.21. The number of benzene rings is 1. The van der Waals surface area contributed by atoms with Gasteiger partial charge < -0.3 is 10.5 Å². The molecule has 0 heterocycles. The summed E-state index contributed by atoms with van der Waals surface area (Å²) in [6.45, 7) is 0. The van der Waals surface area contributed by atoms with Crippen LogP contribution in [0.25, 0.3) is 0 Å². The van der Waals surface area contributed by atoms with Crippen LogP contribution >= 0.6 is 11.6 Å². The third-order valence-electron chi connectivity index (χ3n) is 1.19. The van der Waals surface area contributed by atoms with E-state index in [1.54, 1.807) is 25.3 Å². The molecule has 1 rings (SSSR count). The van der Waals surface area contributed by atoms with Crippen molar-refractivity contribution in [1.29, 1.82) is 0 Å². The Labute approximate surface area is 93.0 Å². The average Bonchev–Trinajstić information content (AvgIpc) is 1.88. The molecule has 2 nitrogen and oxygen atoms in total. The molecule has 0 aliphatic carbocycles. The van der Waals surface area contributed by atoms with Crippen LogP contribution in [0.3, 0.4) is 0 Å². The SMILES string of the molecule is COc1ccc(Cl)cc1N.[Na]. The maximum atomic E-state index is 5.64. The largest absolute Gasteiger partial charge is 0.495 e. The van der Waals surface area contributed by atoms with Crippen LogP contribution < -0.4 is 10.5 Å².